The summed E-state index contributed by atoms with van der Waals surface area (Å²) < 4.78 is 0. The molecule has 56 heavy (non-hydrogen) atoms. The van der Waals surface area contributed by atoms with Crippen molar-refractivity contribution in [3.05, 3.63) is 101 Å². The number of fused-ring (bicyclic) bond motifs is 3. The zero-order valence-electron chi connectivity index (χ0n) is 33.0. The van der Waals surface area contributed by atoms with Crippen LogP contribution in [0.15, 0.2) is 77.8 Å². The molecule has 1 amide bonds. The summed E-state index contributed by atoms with van der Waals surface area (Å²) in [5.74, 6) is -0.719. The molecule has 0 spiro atoms. The van der Waals surface area contributed by atoms with Gasteiger partial charge in [-0.2, -0.15) is 0 Å². The van der Waals surface area contributed by atoms with Crippen molar-refractivity contribution in [3.8, 4) is 0 Å². The van der Waals surface area contributed by atoms with Crippen LogP contribution in [0.4, 0.5) is 0 Å². The van der Waals surface area contributed by atoms with Gasteiger partial charge < -0.3 is 15.4 Å². The van der Waals surface area contributed by atoms with E-state index in [1.807, 2.05) is 30.5 Å². The number of carboxylic acid groups (broad SMARTS) is 1. The van der Waals surface area contributed by atoms with Gasteiger partial charge in [-0.1, -0.05) is 82.3 Å². The van der Waals surface area contributed by atoms with Crippen LogP contribution in [0.3, 0.4) is 0 Å². The SMILES string of the molecule is CCC(CC)N1Cc2ccc3c4ccc5c6c(cc(SCCC(=O)NC(Cc7c[nH]c8ccccc78)C(=O)O)c(c7ccc(c2c37)C1)c64)CN(C(CC)CC)C5. The number of rotatable bonds is 14. The van der Waals surface area contributed by atoms with E-state index in [-0.39, 0.29) is 18.7 Å². The predicted molar refractivity (Wildman–Crippen MR) is 232 cm³/mol. The molecule has 0 saturated carbocycles. The zero-order chi connectivity index (χ0) is 38.7. The number of carbonyl (C=O) groups is 2. The van der Waals surface area contributed by atoms with E-state index in [0.717, 1.165) is 68.3 Å². The summed E-state index contributed by atoms with van der Waals surface area (Å²) in [7, 11) is 0. The van der Waals surface area contributed by atoms with E-state index in [0.29, 0.717) is 17.8 Å². The molecule has 8 heteroatoms. The molecule has 2 aliphatic heterocycles. The number of aromatic amines is 1. The highest BCUT2D eigenvalue weighted by Gasteiger charge is 2.30. The van der Waals surface area contributed by atoms with Crippen molar-refractivity contribution in [1.29, 1.82) is 0 Å². The summed E-state index contributed by atoms with van der Waals surface area (Å²) in [4.78, 5) is 35.6. The van der Waals surface area contributed by atoms with Crippen LogP contribution in [0.1, 0.15) is 87.6 Å². The number of hydrogen-bond donors (Lipinski definition) is 3. The van der Waals surface area contributed by atoms with Crippen LogP contribution in [0.2, 0.25) is 0 Å². The lowest BCUT2D eigenvalue weighted by molar-refractivity contribution is -0.141. The fourth-order valence-corrected chi connectivity index (χ4v) is 11.3. The highest BCUT2D eigenvalue weighted by molar-refractivity contribution is 7.99. The number of carboxylic acids is 1. The number of carbonyl (C=O) groups excluding carboxylic acids is 1. The van der Waals surface area contributed by atoms with Gasteiger partial charge in [0.15, 0.2) is 0 Å². The Bertz CT molecular complexity index is 2610. The van der Waals surface area contributed by atoms with Crippen molar-refractivity contribution in [1.82, 2.24) is 20.1 Å². The van der Waals surface area contributed by atoms with Crippen LogP contribution in [0, 0.1) is 0 Å². The largest absolute Gasteiger partial charge is 0.480 e. The van der Waals surface area contributed by atoms with E-state index in [2.05, 4.69) is 90.3 Å². The molecular weight excluding hydrogens is 713 g/mol. The lowest BCUT2D eigenvalue weighted by Gasteiger charge is -2.37. The van der Waals surface area contributed by atoms with E-state index in [1.165, 1.54) is 70.2 Å². The third-order valence-corrected chi connectivity index (χ3v) is 14.1. The number of benzene rings is 6. The Morgan fingerprint density at radius 1 is 0.696 bits per heavy atom. The molecule has 288 valence electrons. The first-order chi connectivity index (χ1) is 27.3. The third-order valence-electron chi connectivity index (χ3n) is 13.0. The first kappa shape index (κ1) is 37.0. The van der Waals surface area contributed by atoms with Crippen molar-refractivity contribution < 1.29 is 14.7 Å². The highest BCUT2D eigenvalue weighted by Crippen LogP contribution is 2.49. The minimum absolute atomic E-state index is 0.219. The summed E-state index contributed by atoms with van der Waals surface area (Å²) in [6, 6.07) is 24.7. The number of nitrogens with zero attached hydrogens (tertiary/aromatic N) is 2. The van der Waals surface area contributed by atoms with Crippen LogP contribution >= 0.6 is 11.8 Å². The lowest BCUT2D eigenvalue weighted by atomic mass is 9.82. The Hall–Kier alpha value is -4.63. The number of hydrogen-bond acceptors (Lipinski definition) is 5. The van der Waals surface area contributed by atoms with Crippen molar-refractivity contribution in [2.75, 3.05) is 5.75 Å². The van der Waals surface area contributed by atoms with Crippen LogP contribution in [0.5, 0.6) is 0 Å². The molecule has 3 N–H and O–H groups in total. The Balaban J connectivity index is 1.09. The molecule has 0 bridgehead atoms. The maximum atomic E-state index is 13.5. The second-order valence-corrected chi connectivity index (χ2v) is 17.2. The Morgan fingerprint density at radius 2 is 1.27 bits per heavy atom. The molecule has 0 fully saturated rings. The van der Waals surface area contributed by atoms with E-state index in [9.17, 15) is 14.7 Å². The van der Waals surface area contributed by atoms with Gasteiger partial charge in [0.25, 0.3) is 0 Å². The number of thioether (sulfide) groups is 1. The van der Waals surface area contributed by atoms with E-state index in [1.54, 1.807) is 11.8 Å². The Morgan fingerprint density at radius 3 is 1.89 bits per heavy atom. The molecule has 3 heterocycles. The topological polar surface area (TPSA) is 88.7 Å². The fraction of sp³-hybridized carbons (Fsp3) is 0.375. The molecule has 0 saturated heterocycles. The molecule has 1 atom stereocenters. The lowest BCUT2D eigenvalue weighted by Crippen LogP contribution is -2.42. The first-order valence-corrected chi connectivity index (χ1v) is 21.7. The molecule has 0 aliphatic carbocycles. The number of nitrogens with one attached hydrogen (secondary N) is 2. The number of para-hydroxylation sites is 1. The van der Waals surface area contributed by atoms with E-state index < -0.39 is 12.0 Å². The summed E-state index contributed by atoms with van der Waals surface area (Å²) >= 11 is 1.74. The van der Waals surface area contributed by atoms with Gasteiger partial charge in [0.1, 0.15) is 6.04 Å². The molecule has 1 unspecified atom stereocenters. The average molecular weight is 765 g/mol. The Labute approximate surface area is 333 Å². The van der Waals surface area contributed by atoms with Crippen LogP contribution in [-0.4, -0.2) is 55.6 Å². The van der Waals surface area contributed by atoms with Gasteiger partial charge in [0.2, 0.25) is 5.91 Å². The van der Waals surface area contributed by atoms with Crippen molar-refractivity contribution in [2.24, 2.45) is 0 Å². The van der Waals surface area contributed by atoms with Crippen LogP contribution < -0.4 is 5.32 Å². The van der Waals surface area contributed by atoms with Gasteiger partial charge in [0, 0.05) is 84.2 Å². The molecule has 7 aromatic rings. The standard InChI is InChI=1S/C48H52N4O3S/c1-5-33(6-2)51-24-28-13-16-36-37-17-14-30-26-52(34(7-3)8-4)27-32-22-41(46(47(37)44(30)32)38-18-15-29(25-51)43(28)45(36)38)56-20-19-42(53)50-40(48(54)55)21-31-23-49-39-12-10-9-11-35(31)39/h9-18,22-23,33-34,40,49H,5-8,19-21,24-27H2,1-4H3,(H,50,53)(H,54,55). The van der Waals surface area contributed by atoms with Gasteiger partial charge in [0.05, 0.1) is 0 Å². The van der Waals surface area contributed by atoms with Crippen molar-refractivity contribution in [2.45, 2.75) is 115 Å². The monoisotopic (exact) mass is 764 g/mol. The first-order valence-electron chi connectivity index (χ1n) is 20.7. The fourth-order valence-electron chi connectivity index (χ4n) is 10.3. The second-order valence-electron chi connectivity index (χ2n) is 16.1. The quantitative estimate of drug-likeness (QED) is 0.0581. The normalized spacial score (nSPS) is 15.4. The minimum Gasteiger partial charge on any atom is -0.480 e. The molecule has 9 rings (SSSR count). The maximum absolute atomic E-state index is 13.5. The van der Waals surface area contributed by atoms with Crippen molar-refractivity contribution in [3.63, 3.8) is 0 Å². The molecule has 1 aromatic heterocycles. The minimum atomic E-state index is -1.03. The van der Waals surface area contributed by atoms with Crippen LogP contribution in [0.25, 0.3) is 54.0 Å². The number of H-pyrrole nitrogens is 1. The second kappa shape index (κ2) is 15.0. The van der Waals surface area contributed by atoms with Gasteiger partial charge in [-0.15, -0.1) is 11.8 Å². The predicted octanol–water partition coefficient (Wildman–Crippen LogP) is 10.5. The zero-order valence-corrected chi connectivity index (χ0v) is 33.8. The Kier molecular flexibility index (Phi) is 9.93. The van der Waals surface area contributed by atoms with E-state index >= 15 is 0 Å². The van der Waals surface area contributed by atoms with E-state index in [4.69, 9.17) is 0 Å². The molecule has 0 radical (unpaired) electrons. The van der Waals surface area contributed by atoms with Crippen LogP contribution in [-0.2, 0) is 42.2 Å². The average Bonchev–Trinajstić information content (AvgIpc) is 3.62. The maximum Gasteiger partial charge on any atom is 0.326 e. The third kappa shape index (κ3) is 6.21. The van der Waals surface area contributed by atoms with Gasteiger partial charge in [-0.25, -0.2) is 4.79 Å². The highest BCUT2D eigenvalue weighted by atomic mass is 32.2. The molecule has 7 nitrogen and oxygen atoms in total. The number of amides is 1. The summed E-state index contributed by atoms with van der Waals surface area (Å²) in [6.45, 7) is 13.0. The number of aromatic nitrogens is 1. The summed E-state index contributed by atoms with van der Waals surface area (Å²) in [5, 5.41) is 24.7. The number of aliphatic carboxylic acids is 1. The molecule has 6 aromatic carbocycles. The summed E-state index contributed by atoms with van der Waals surface area (Å²) in [5.41, 5.74) is 7.44. The van der Waals surface area contributed by atoms with Gasteiger partial charge in [-0.3, -0.25) is 14.6 Å². The molecule has 2 aliphatic rings. The van der Waals surface area contributed by atoms with Crippen molar-refractivity contribution >= 4 is 77.6 Å². The summed E-state index contributed by atoms with van der Waals surface area (Å²) in [6.07, 6.45) is 6.84. The van der Waals surface area contributed by atoms with Gasteiger partial charge in [-0.05, 0) is 103 Å². The molecular formula is C48H52N4O3S. The smallest absolute Gasteiger partial charge is 0.326 e. The van der Waals surface area contributed by atoms with Gasteiger partial charge >= 0.3 is 5.97 Å².